The van der Waals surface area contributed by atoms with Gasteiger partial charge >= 0.3 is 0 Å². The molecule has 2 rings (SSSR count). The lowest BCUT2D eigenvalue weighted by Gasteiger charge is -2.16. The van der Waals surface area contributed by atoms with Crippen molar-refractivity contribution in [1.29, 1.82) is 0 Å². The molecule has 6 heteroatoms. The minimum absolute atomic E-state index is 0.100. The van der Waals surface area contributed by atoms with Crippen LogP contribution < -0.4 is 14.8 Å². The maximum absolute atomic E-state index is 11.4. The zero-order chi connectivity index (χ0) is 13.9. The fourth-order valence-corrected chi connectivity index (χ4v) is 3.73. The topological polar surface area (TPSA) is 64.6 Å². The van der Waals surface area contributed by atoms with Crippen molar-refractivity contribution in [2.75, 3.05) is 25.7 Å². The molecule has 5 nitrogen and oxygen atoms in total. The molecule has 1 aromatic carbocycles. The number of nitrogens with one attached hydrogen (secondary N) is 1. The second-order valence-corrected chi connectivity index (χ2v) is 6.88. The Morgan fingerprint density at radius 1 is 1.42 bits per heavy atom. The van der Waals surface area contributed by atoms with Gasteiger partial charge < -0.3 is 14.8 Å². The zero-order valence-electron chi connectivity index (χ0n) is 11.2. The third-order valence-electron chi connectivity index (χ3n) is 3.13. The van der Waals surface area contributed by atoms with Gasteiger partial charge in [-0.3, -0.25) is 0 Å². The van der Waals surface area contributed by atoms with Crippen LogP contribution in [-0.4, -0.2) is 40.2 Å². The molecule has 0 bridgehead atoms. The fourth-order valence-electron chi connectivity index (χ4n) is 2.14. The van der Waals surface area contributed by atoms with Gasteiger partial charge in [0.15, 0.2) is 9.84 Å². The van der Waals surface area contributed by atoms with Crippen LogP contribution in [0.25, 0.3) is 0 Å². The molecule has 1 N–H and O–H groups in total. The summed E-state index contributed by atoms with van der Waals surface area (Å²) in [6, 6.07) is 5.59. The van der Waals surface area contributed by atoms with Crippen LogP contribution in [0.2, 0.25) is 0 Å². The summed E-state index contributed by atoms with van der Waals surface area (Å²) >= 11 is 0. The number of rotatable bonds is 5. The first kappa shape index (κ1) is 14.1. The third kappa shape index (κ3) is 3.61. The summed E-state index contributed by atoms with van der Waals surface area (Å²) in [5, 5.41) is 3.06. The average molecular weight is 285 g/mol. The average Bonchev–Trinajstić information content (AvgIpc) is 2.71. The highest BCUT2D eigenvalue weighted by Gasteiger charge is 2.29. The van der Waals surface area contributed by atoms with E-state index in [0.29, 0.717) is 24.5 Å². The molecular formula is C13H19NO4S. The molecule has 0 spiro atoms. The predicted octanol–water partition coefficient (Wildman–Crippen LogP) is 0.981. The van der Waals surface area contributed by atoms with Crippen LogP contribution in [0.4, 0.5) is 0 Å². The Bertz CT molecular complexity index is 542. The van der Waals surface area contributed by atoms with Crippen molar-refractivity contribution in [1.82, 2.24) is 5.32 Å². The molecule has 1 atom stereocenters. The monoisotopic (exact) mass is 285 g/mol. The second-order valence-electron chi connectivity index (χ2n) is 4.65. The molecule has 106 valence electrons. The van der Waals surface area contributed by atoms with Crippen LogP contribution in [0.1, 0.15) is 12.0 Å². The lowest BCUT2D eigenvalue weighted by atomic mass is 10.2. The smallest absolute Gasteiger partial charge is 0.154 e. The van der Waals surface area contributed by atoms with Crippen molar-refractivity contribution in [3.63, 3.8) is 0 Å². The van der Waals surface area contributed by atoms with Crippen molar-refractivity contribution in [3.05, 3.63) is 23.8 Å². The maximum Gasteiger partial charge on any atom is 0.154 e. The molecule has 1 fully saturated rings. The van der Waals surface area contributed by atoms with Crippen LogP contribution in [0, 0.1) is 0 Å². The zero-order valence-corrected chi connectivity index (χ0v) is 12.0. The first-order chi connectivity index (χ1) is 9.04. The predicted molar refractivity (Wildman–Crippen MR) is 73.4 cm³/mol. The van der Waals surface area contributed by atoms with Crippen molar-refractivity contribution in [2.24, 2.45) is 0 Å². The van der Waals surface area contributed by atoms with E-state index in [1.807, 2.05) is 19.2 Å². The summed E-state index contributed by atoms with van der Waals surface area (Å²) in [4.78, 5) is 0. The molecule has 0 saturated carbocycles. The second kappa shape index (κ2) is 5.79. The van der Waals surface area contributed by atoms with E-state index in [-0.39, 0.29) is 17.6 Å². The van der Waals surface area contributed by atoms with Crippen molar-refractivity contribution in [3.8, 4) is 11.5 Å². The number of methoxy groups -OCH3 is 1. The molecule has 1 aliphatic rings. The number of hydrogen-bond donors (Lipinski definition) is 1. The minimum Gasteiger partial charge on any atom is -0.497 e. The van der Waals surface area contributed by atoms with Crippen molar-refractivity contribution in [2.45, 2.75) is 19.1 Å². The van der Waals surface area contributed by atoms with Gasteiger partial charge in [0.25, 0.3) is 0 Å². The van der Waals surface area contributed by atoms with Gasteiger partial charge in [0.1, 0.15) is 17.6 Å². The molecular weight excluding hydrogens is 266 g/mol. The molecule has 0 amide bonds. The third-order valence-corrected chi connectivity index (χ3v) is 4.86. The molecule has 0 radical (unpaired) electrons. The van der Waals surface area contributed by atoms with Gasteiger partial charge in [0.05, 0.1) is 18.6 Å². The maximum atomic E-state index is 11.4. The van der Waals surface area contributed by atoms with Crippen LogP contribution >= 0.6 is 0 Å². The number of benzene rings is 1. The highest BCUT2D eigenvalue weighted by molar-refractivity contribution is 7.91. The van der Waals surface area contributed by atoms with Gasteiger partial charge in [-0.25, -0.2) is 8.42 Å². The van der Waals surface area contributed by atoms with Gasteiger partial charge in [-0.05, 0) is 19.5 Å². The van der Waals surface area contributed by atoms with Gasteiger partial charge in [-0.15, -0.1) is 0 Å². The molecule has 19 heavy (non-hydrogen) atoms. The molecule has 0 aliphatic carbocycles. The molecule has 0 aromatic heterocycles. The van der Waals surface area contributed by atoms with Crippen molar-refractivity contribution >= 4 is 9.84 Å². The summed E-state index contributed by atoms with van der Waals surface area (Å²) in [6.45, 7) is 0.665. The standard InChI is InChI=1S/C13H19NO4S/c1-14-8-10-3-4-11(17-2)7-13(10)18-12-5-6-19(15,16)9-12/h3-4,7,12,14H,5-6,8-9H2,1-2H3. The molecule has 1 aromatic rings. The van der Waals surface area contributed by atoms with Crippen LogP contribution in [0.3, 0.4) is 0 Å². The van der Waals surface area contributed by atoms with Gasteiger partial charge in [0.2, 0.25) is 0 Å². The molecule has 1 unspecified atom stereocenters. The normalized spacial score (nSPS) is 21.3. The van der Waals surface area contributed by atoms with E-state index < -0.39 is 9.84 Å². The summed E-state index contributed by atoms with van der Waals surface area (Å²) in [5.74, 6) is 1.71. The molecule has 1 aliphatic heterocycles. The number of sulfone groups is 1. The van der Waals surface area contributed by atoms with E-state index in [4.69, 9.17) is 9.47 Å². The SMILES string of the molecule is CNCc1ccc(OC)cc1OC1CCS(=O)(=O)C1. The number of hydrogen-bond acceptors (Lipinski definition) is 5. The Morgan fingerprint density at radius 3 is 2.79 bits per heavy atom. The summed E-state index contributed by atoms with van der Waals surface area (Å²) < 4.78 is 33.9. The van der Waals surface area contributed by atoms with E-state index in [1.165, 1.54) is 0 Å². The van der Waals surface area contributed by atoms with Gasteiger partial charge in [-0.2, -0.15) is 0 Å². The summed E-state index contributed by atoms with van der Waals surface area (Å²) in [7, 11) is 0.521. The fraction of sp³-hybridized carbons (Fsp3) is 0.538. The quantitative estimate of drug-likeness (QED) is 0.873. The minimum atomic E-state index is -2.93. The Hall–Kier alpha value is -1.27. The highest BCUT2D eigenvalue weighted by Crippen LogP contribution is 2.28. The van der Waals surface area contributed by atoms with Gasteiger partial charge in [0, 0.05) is 18.2 Å². The molecule has 1 saturated heterocycles. The Kier molecular flexibility index (Phi) is 4.31. The van der Waals surface area contributed by atoms with Crippen LogP contribution in [0.15, 0.2) is 18.2 Å². The molecule has 1 heterocycles. The van der Waals surface area contributed by atoms with E-state index >= 15 is 0 Å². The lowest BCUT2D eigenvalue weighted by molar-refractivity contribution is 0.225. The van der Waals surface area contributed by atoms with E-state index in [1.54, 1.807) is 13.2 Å². The Balaban J connectivity index is 2.17. The van der Waals surface area contributed by atoms with E-state index in [2.05, 4.69) is 5.32 Å². The van der Waals surface area contributed by atoms with Crippen LogP contribution in [0.5, 0.6) is 11.5 Å². The van der Waals surface area contributed by atoms with Gasteiger partial charge in [-0.1, -0.05) is 6.07 Å². The first-order valence-electron chi connectivity index (χ1n) is 6.22. The first-order valence-corrected chi connectivity index (χ1v) is 8.05. The largest absolute Gasteiger partial charge is 0.497 e. The van der Waals surface area contributed by atoms with Crippen LogP contribution in [-0.2, 0) is 16.4 Å². The highest BCUT2D eigenvalue weighted by atomic mass is 32.2. The Morgan fingerprint density at radius 2 is 2.21 bits per heavy atom. The lowest BCUT2D eigenvalue weighted by Crippen LogP contribution is -2.19. The Labute approximate surface area is 113 Å². The summed E-state index contributed by atoms with van der Waals surface area (Å²) in [5.41, 5.74) is 0.993. The summed E-state index contributed by atoms with van der Waals surface area (Å²) in [6.07, 6.45) is 0.297. The van der Waals surface area contributed by atoms with Crippen molar-refractivity contribution < 1.29 is 17.9 Å². The van der Waals surface area contributed by atoms with E-state index in [0.717, 1.165) is 5.56 Å². The van der Waals surface area contributed by atoms with E-state index in [9.17, 15) is 8.42 Å². The number of ether oxygens (including phenoxy) is 2.